The molecule has 2 aromatic heterocycles. The summed E-state index contributed by atoms with van der Waals surface area (Å²) in [6.45, 7) is 4.61. The molecule has 5 rings (SSSR count). The molecule has 3 heterocycles. The van der Waals surface area contributed by atoms with E-state index in [0.717, 1.165) is 71.5 Å². The molecule has 1 aliphatic carbocycles. The quantitative estimate of drug-likeness (QED) is 0.605. The van der Waals surface area contributed by atoms with Gasteiger partial charge in [-0.2, -0.15) is 0 Å². The first kappa shape index (κ1) is 17.9. The second-order valence-electron chi connectivity index (χ2n) is 8.12. The van der Waals surface area contributed by atoms with Crippen molar-refractivity contribution >= 4 is 33.0 Å². The molecule has 1 aromatic carbocycles. The Morgan fingerprint density at radius 3 is 2.75 bits per heavy atom. The fourth-order valence-corrected chi connectivity index (χ4v) is 4.40. The Hall–Kier alpha value is -2.21. The fourth-order valence-electron chi connectivity index (χ4n) is 4.13. The second-order valence-corrected chi connectivity index (χ2v) is 9.04. The van der Waals surface area contributed by atoms with E-state index in [1.165, 1.54) is 0 Å². The maximum absolute atomic E-state index is 12.4. The Balaban J connectivity index is 1.48. The van der Waals surface area contributed by atoms with E-state index in [1.807, 2.05) is 25.3 Å². The Morgan fingerprint density at radius 2 is 2.00 bits per heavy atom. The van der Waals surface area contributed by atoms with Gasteiger partial charge in [0.2, 0.25) is 5.91 Å². The number of likely N-dealkylation sites (tertiary alicyclic amines) is 1. The lowest BCUT2D eigenvalue weighted by Crippen LogP contribution is -2.30. The minimum absolute atomic E-state index is 0.302. The number of amides is 1. The molecule has 1 saturated heterocycles. The predicted octanol–water partition coefficient (Wildman–Crippen LogP) is 4.43. The first-order valence-corrected chi connectivity index (χ1v) is 10.8. The van der Waals surface area contributed by atoms with Crippen molar-refractivity contribution in [3.05, 3.63) is 46.6 Å². The maximum Gasteiger partial charge on any atom is 0.225 e. The topological polar surface area (TPSA) is 51.0 Å². The van der Waals surface area contributed by atoms with Gasteiger partial charge in [-0.15, -0.1) is 0 Å². The van der Waals surface area contributed by atoms with Gasteiger partial charge in [0, 0.05) is 41.8 Å². The summed E-state index contributed by atoms with van der Waals surface area (Å²) in [5, 5.41) is 0. The number of benzene rings is 1. The highest BCUT2D eigenvalue weighted by Crippen LogP contribution is 2.34. The van der Waals surface area contributed by atoms with Gasteiger partial charge in [0.15, 0.2) is 5.65 Å². The summed E-state index contributed by atoms with van der Waals surface area (Å²) < 4.78 is 3.30. The highest BCUT2D eigenvalue weighted by molar-refractivity contribution is 9.10. The van der Waals surface area contributed by atoms with E-state index in [2.05, 4.69) is 48.6 Å². The van der Waals surface area contributed by atoms with E-state index >= 15 is 0 Å². The number of pyridine rings is 1. The van der Waals surface area contributed by atoms with E-state index in [9.17, 15) is 4.79 Å². The molecule has 1 saturated carbocycles. The summed E-state index contributed by atoms with van der Waals surface area (Å²) in [6.07, 6.45) is 5.10. The van der Waals surface area contributed by atoms with Crippen molar-refractivity contribution < 1.29 is 4.79 Å². The molecular weight excluding hydrogens is 416 g/mol. The van der Waals surface area contributed by atoms with Crippen molar-refractivity contribution in [2.24, 2.45) is 11.8 Å². The molecule has 0 N–H and O–H groups in total. The molecule has 2 fully saturated rings. The third-order valence-corrected chi connectivity index (χ3v) is 6.32. The van der Waals surface area contributed by atoms with Gasteiger partial charge >= 0.3 is 0 Å². The highest BCUT2D eigenvalue weighted by Gasteiger charge is 2.36. The van der Waals surface area contributed by atoms with E-state index in [-0.39, 0.29) is 0 Å². The van der Waals surface area contributed by atoms with Gasteiger partial charge < -0.3 is 9.47 Å². The van der Waals surface area contributed by atoms with Crippen LogP contribution in [0.25, 0.3) is 22.6 Å². The van der Waals surface area contributed by atoms with Crippen LogP contribution in [0.4, 0.5) is 0 Å². The van der Waals surface area contributed by atoms with Crippen molar-refractivity contribution in [2.75, 3.05) is 13.1 Å². The molecule has 0 unspecified atom stereocenters. The summed E-state index contributed by atoms with van der Waals surface area (Å²) in [5.41, 5.74) is 4.06. The third kappa shape index (κ3) is 3.34. The smallest absolute Gasteiger partial charge is 0.225 e. The predicted molar refractivity (Wildman–Crippen MR) is 113 cm³/mol. The van der Waals surface area contributed by atoms with Crippen LogP contribution in [0, 0.1) is 18.8 Å². The van der Waals surface area contributed by atoms with Gasteiger partial charge in [-0.05, 0) is 55.9 Å². The SMILES string of the molecule is Cc1cnc2c(c1)nc(-c1ccc(Br)cc1)n2C[C@@H]1CCN(C(=O)C2CC2)C1. The number of nitrogens with zero attached hydrogens (tertiary/aromatic N) is 4. The minimum Gasteiger partial charge on any atom is -0.342 e. The second kappa shape index (κ2) is 6.99. The number of fused-ring (bicyclic) bond motifs is 1. The first-order chi connectivity index (χ1) is 13.6. The van der Waals surface area contributed by atoms with E-state index in [0.29, 0.717) is 17.7 Å². The first-order valence-electron chi connectivity index (χ1n) is 9.96. The molecule has 1 atom stereocenters. The summed E-state index contributed by atoms with van der Waals surface area (Å²) in [5.74, 6) is 2.06. The highest BCUT2D eigenvalue weighted by atomic mass is 79.9. The zero-order valence-corrected chi connectivity index (χ0v) is 17.5. The van der Waals surface area contributed by atoms with Crippen molar-refractivity contribution in [3.8, 4) is 11.4 Å². The third-order valence-electron chi connectivity index (χ3n) is 5.79. The van der Waals surface area contributed by atoms with Crippen LogP contribution in [0.3, 0.4) is 0 Å². The van der Waals surface area contributed by atoms with Crippen molar-refractivity contribution in [3.63, 3.8) is 0 Å². The number of hydrogen-bond acceptors (Lipinski definition) is 3. The largest absolute Gasteiger partial charge is 0.342 e. The van der Waals surface area contributed by atoms with Crippen molar-refractivity contribution in [1.82, 2.24) is 19.4 Å². The molecule has 1 aliphatic heterocycles. The molecule has 3 aromatic rings. The van der Waals surface area contributed by atoms with Crippen LogP contribution in [-0.2, 0) is 11.3 Å². The van der Waals surface area contributed by atoms with Crippen molar-refractivity contribution in [1.29, 1.82) is 0 Å². The van der Waals surface area contributed by atoms with Crippen molar-refractivity contribution in [2.45, 2.75) is 32.7 Å². The Morgan fingerprint density at radius 1 is 1.21 bits per heavy atom. The summed E-state index contributed by atoms with van der Waals surface area (Å²) >= 11 is 3.51. The van der Waals surface area contributed by atoms with Crippen LogP contribution < -0.4 is 0 Å². The molecule has 2 aliphatic rings. The molecule has 5 nitrogen and oxygen atoms in total. The standard InChI is InChI=1S/C22H23BrN4O/c1-14-10-19-21(24-11-14)27(20(25-19)16-4-6-18(23)7-5-16)13-15-8-9-26(12-15)22(28)17-2-3-17/h4-7,10-11,15,17H,2-3,8-9,12-13H2,1H3/t15-/m1/s1. The lowest BCUT2D eigenvalue weighted by atomic mass is 10.1. The Kier molecular flexibility index (Phi) is 4.46. The van der Waals surface area contributed by atoms with Gasteiger partial charge in [0.1, 0.15) is 11.3 Å². The molecule has 6 heteroatoms. The number of aryl methyl sites for hydroxylation is 1. The number of rotatable bonds is 4. The number of carbonyl (C=O) groups is 1. The molecule has 144 valence electrons. The summed E-state index contributed by atoms with van der Waals surface area (Å²) in [6, 6.07) is 10.4. The molecular formula is C22H23BrN4O. The lowest BCUT2D eigenvalue weighted by molar-refractivity contribution is -0.131. The summed E-state index contributed by atoms with van der Waals surface area (Å²) in [7, 11) is 0. The zero-order chi connectivity index (χ0) is 19.3. The number of carbonyl (C=O) groups excluding carboxylic acids is 1. The maximum atomic E-state index is 12.4. The van der Waals surface area contributed by atoms with Crippen LogP contribution in [-0.4, -0.2) is 38.4 Å². The van der Waals surface area contributed by atoms with Gasteiger partial charge in [0.05, 0.1) is 0 Å². The number of aromatic nitrogens is 3. The van der Waals surface area contributed by atoms with Crippen LogP contribution in [0.15, 0.2) is 41.0 Å². The van der Waals surface area contributed by atoms with Crippen LogP contribution in [0.5, 0.6) is 0 Å². The fraction of sp³-hybridized carbons (Fsp3) is 0.409. The lowest BCUT2D eigenvalue weighted by Gasteiger charge is -2.17. The van der Waals surface area contributed by atoms with Gasteiger partial charge in [-0.25, -0.2) is 9.97 Å². The van der Waals surface area contributed by atoms with Crippen LogP contribution in [0.1, 0.15) is 24.8 Å². The average molecular weight is 439 g/mol. The van der Waals surface area contributed by atoms with E-state index in [1.54, 1.807) is 0 Å². The molecule has 1 amide bonds. The molecule has 0 spiro atoms. The van der Waals surface area contributed by atoms with E-state index < -0.39 is 0 Å². The molecule has 28 heavy (non-hydrogen) atoms. The Labute approximate surface area is 172 Å². The minimum atomic E-state index is 0.302. The van der Waals surface area contributed by atoms with E-state index in [4.69, 9.17) is 4.98 Å². The zero-order valence-electron chi connectivity index (χ0n) is 15.9. The molecule has 0 radical (unpaired) electrons. The van der Waals surface area contributed by atoms with Gasteiger partial charge in [0.25, 0.3) is 0 Å². The van der Waals surface area contributed by atoms with Crippen LogP contribution in [0.2, 0.25) is 0 Å². The van der Waals surface area contributed by atoms with Gasteiger partial charge in [-0.1, -0.05) is 28.1 Å². The Bertz CT molecular complexity index is 1040. The van der Waals surface area contributed by atoms with Gasteiger partial charge in [-0.3, -0.25) is 4.79 Å². The monoisotopic (exact) mass is 438 g/mol. The number of imidazole rings is 1. The molecule has 0 bridgehead atoms. The number of halogens is 1. The van der Waals surface area contributed by atoms with Crippen LogP contribution >= 0.6 is 15.9 Å². The normalized spacial score (nSPS) is 19.5. The summed E-state index contributed by atoms with van der Waals surface area (Å²) in [4.78, 5) is 24.1. The average Bonchev–Trinajstić information content (AvgIpc) is 3.34. The number of hydrogen-bond donors (Lipinski definition) is 0.